The Balaban J connectivity index is 1.92. The maximum Gasteiger partial charge on any atom is 0.0590 e. The van der Waals surface area contributed by atoms with Crippen molar-refractivity contribution >= 4 is 0 Å². The molecule has 4 nitrogen and oxygen atoms in total. The zero-order valence-corrected chi connectivity index (χ0v) is 13.6. The van der Waals surface area contributed by atoms with Crippen LogP contribution < -0.4 is 5.32 Å². The highest BCUT2D eigenvalue weighted by molar-refractivity contribution is 4.92. The van der Waals surface area contributed by atoms with Crippen molar-refractivity contribution in [2.24, 2.45) is 11.3 Å². The molecule has 4 heteroatoms. The number of aliphatic hydroxyl groups excluding tert-OH is 1. The lowest BCUT2D eigenvalue weighted by Crippen LogP contribution is -2.52. The Morgan fingerprint density at radius 2 is 2.15 bits per heavy atom. The van der Waals surface area contributed by atoms with Gasteiger partial charge in [0.15, 0.2) is 0 Å². The van der Waals surface area contributed by atoms with Gasteiger partial charge in [0.05, 0.1) is 12.7 Å². The maximum absolute atomic E-state index is 9.87. The number of hydrogen-bond donors (Lipinski definition) is 2. The first-order chi connectivity index (χ1) is 9.30. The largest absolute Gasteiger partial charge is 0.393 e. The van der Waals surface area contributed by atoms with Crippen molar-refractivity contribution in [1.29, 1.82) is 0 Å². The summed E-state index contributed by atoms with van der Waals surface area (Å²) < 4.78 is 5.70. The number of nitrogens with zero attached hydrogens (tertiary/aromatic N) is 1. The predicted octanol–water partition coefficient (Wildman–Crippen LogP) is 1.48. The summed E-state index contributed by atoms with van der Waals surface area (Å²) in [5.41, 5.74) is 0.399. The minimum Gasteiger partial charge on any atom is -0.393 e. The second-order valence-corrected chi connectivity index (χ2v) is 7.97. The number of piperidine rings is 1. The molecule has 2 fully saturated rings. The lowest BCUT2D eigenvalue weighted by Gasteiger charge is -2.41. The van der Waals surface area contributed by atoms with Crippen molar-refractivity contribution in [3.63, 3.8) is 0 Å². The summed E-state index contributed by atoms with van der Waals surface area (Å²) in [4.78, 5) is 2.52. The van der Waals surface area contributed by atoms with Gasteiger partial charge < -0.3 is 20.1 Å². The van der Waals surface area contributed by atoms with E-state index in [9.17, 15) is 5.11 Å². The molecule has 0 bridgehead atoms. The molecule has 0 radical (unpaired) electrons. The van der Waals surface area contributed by atoms with Gasteiger partial charge in [-0.1, -0.05) is 6.92 Å². The third-order valence-corrected chi connectivity index (χ3v) is 4.68. The molecule has 20 heavy (non-hydrogen) atoms. The molecule has 118 valence electrons. The van der Waals surface area contributed by atoms with E-state index in [2.05, 4.69) is 37.9 Å². The number of ether oxygens (including phenoxy) is 1. The molecule has 0 amide bonds. The van der Waals surface area contributed by atoms with Gasteiger partial charge in [0.2, 0.25) is 0 Å². The molecule has 2 rings (SSSR count). The molecule has 2 aliphatic rings. The van der Waals surface area contributed by atoms with Crippen LogP contribution in [0.2, 0.25) is 0 Å². The molecule has 2 saturated heterocycles. The van der Waals surface area contributed by atoms with Gasteiger partial charge in [-0.25, -0.2) is 0 Å². The number of rotatable bonds is 4. The molecule has 0 spiro atoms. The monoisotopic (exact) mass is 284 g/mol. The zero-order valence-electron chi connectivity index (χ0n) is 13.6. The summed E-state index contributed by atoms with van der Waals surface area (Å²) in [6, 6.07) is 0. The SMILES string of the molecule is CC1CN(CC2(CNC(C)(C)C)CCOC2)CCC1O. The Kier molecular flexibility index (Phi) is 5.11. The van der Waals surface area contributed by atoms with Gasteiger partial charge in [-0.3, -0.25) is 0 Å². The third kappa shape index (κ3) is 4.42. The molecule has 2 heterocycles. The minimum absolute atomic E-state index is 0.116. The van der Waals surface area contributed by atoms with Gasteiger partial charge in [0.25, 0.3) is 0 Å². The van der Waals surface area contributed by atoms with Crippen molar-refractivity contribution in [2.45, 2.75) is 52.2 Å². The highest BCUT2D eigenvalue weighted by atomic mass is 16.5. The highest BCUT2D eigenvalue weighted by Gasteiger charge is 2.38. The molecule has 0 aromatic carbocycles. The van der Waals surface area contributed by atoms with Crippen LogP contribution in [-0.4, -0.2) is 61.0 Å². The summed E-state index contributed by atoms with van der Waals surface area (Å²) >= 11 is 0. The van der Waals surface area contributed by atoms with Crippen LogP contribution in [0.15, 0.2) is 0 Å². The van der Waals surface area contributed by atoms with Crippen LogP contribution in [0.4, 0.5) is 0 Å². The molecule has 3 unspecified atom stereocenters. The standard InChI is InChI=1S/C16H32N2O2/c1-13-9-18(7-5-14(13)19)11-16(6-8-20-12-16)10-17-15(2,3)4/h13-14,17,19H,5-12H2,1-4H3. The number of nitrogens with one attached hydrogen (secondary N) is 1. The maximum atomic E-state index is 9.87. The van der Waals surface area contributed by atoms with E-state index in [4.69, 9.17) is 4.74 Å². The number of aliphatic hydroxyl groups is 1. The average Bonchev–Trinajstić information content (AvgIpc) is 2.80. The van der Waals surface area contributed by atoms with Gasteiger partial charge in [0.1, 0.15) is 0 Å². The molecule has 0 aromatic rings. The zero-order chi connectivity index (χ0) is 14.8. The fourth-order valence-electron chi connectivity index (χ4n) is 3.26. The fourth-order valence-corrected chi connectivity index (χ4v) is 3.26. The van der Waals surface area contributed by atoms with Crippen LogP contribution in [-0.2, 0) is 4.74 Å². The van der Waals surface area contributed by atoms with Crippen molar-refractivity contribution < 1.29 is 9.84 Å². The van der Waals surface area contributed by atoms with E-state index >= 15 is 0 Å². The van der Waals surface area contributed by atoms with E-state index < -0.39 is 0 Å². The Hall–Kier alpha value is -0.160. The summed E-state index contributed by atoms with van der Waals surface area (Å²) in [7, 11) is 0. The number of likely N-dealkylation sites (tertiary alicyclic amines) is 1. The Morgan fingerprint density at radius 3 is 2.70 bits per heavy atom. The molecule has 0 aliphatic carbocycles. The summed E-state index contributed by atoms with van der Waals surface area (Å²) in [6.45, 7) is 14.7. The summed E-state index contributed by atoms with van der Waals surface area (Å²) in [5, 5.41) is 13.5. The van der Waals surface area contributed by atoms with E-state index in [1.54, 1.807) is 0 Å². The summed E-state index contributed by atoms with van der Waals surface area (Å²) in [6.07, 6.45) is 1.93. The van der Waals surface area contributed by atoms with Crippen molar-refractivity contribution in [2.75, 3.05) is 39.4 Å². The normalized spacial score (nSPS) is 36.5. The van der Waals surface area contributed by atoms with Gasteiger partial charge >= 0.3 is 0 Å². The third-order valence-electron chi connectivity index (χ3n) is 4.68. The second kappa shape index (κ2) is 6.30. The van der Waals surface area contributed by atoms with Crippen LogP contribution >= 0.6 is 0 Å². The molecular weight excluding hydrogens is 252 g/mol. The molecule has 2 N–H and O–H groups in total. The topological polar surface area (TPSA) is 44.7 Å². The van der Waals surface area contributed by atoms with E-state index in [-0.39, 0.29) is 17.1 Å². The molecule has 0 aromatic heterocycles. The van der Waals surface area contributed by atoms with E-state index in [1.165, 1.54) is 0 Å². The van der Waals surface area contributed by atoms with E-state index in [0.717, 1.165) is 52.2 Å². The predicted molar refractivity (Wildman–Crippen MR) is 81.9 cm³/mol. The van der Waals surface area contributed by atoms with E-state index in [0.29, 0.717) is 5.92 Å². The van der Waals surface area contributed by atoms with Gasteiger partial charge in [-0.15, -0.1) is 0 Å². The van der Waals surface area contributed by atoms with E-state index in [1.807, 2.05) is 0 Å². The Labute approximate surface area is 123 Å². The summed E-state index contributed by atoms with van der Waals surface area (Å²) in [5.74, 6) is 0.388. The first-order valence-electron chi connectivity index (χ1n) is 8.03. The van der Waals surface area contributed by atoms with Crippen LogP contribution in [0.5, 0.6) is 0 Å². The molecule has 2 aliphatic heterocycles. The molecular formula is C16H32N2O2. The van der Waals surface area contributed by atoms with Crippen LogP contribution in [0, 0.1) is 11.3 Å². The van der Waals surface area contributed by atoms with Gasteiger partial charge in [-0.2, -0.15) is 0 Å². The quantitative estimate of drug-likeness (QED) is 0.821. The second-order valence-electron chi connectivity index (χ2n) is 7.97. The lowest BCUT2D eigenvalue weighted by molar-refractivity contribution is 0.0127. The molecule has 3 atom stereocenters. The Bertz CT molecular complexity index is 308. The fraction of sp³-hybridized carbons (Fsp3) is 1.00. The van der Waals surface area contributed by atoms with Crippen LogP contribution in [0.1, 0.15) is 40.5 Å². The minimum atomic E-state index is -0.116. The van der Waals surface area contributed by atoms with Gasteiger partial charge in [0, 0.05) is 43.7 Å². The van der Waals surface area contributed by atoms with Crippen molar-refractivity contribution in [1.82, 2.24) is 10.2 Å². The number of hydrogen-bond acceptors (Lipinski definition) is 4. The highest BCUT2D eigenvalue weighted by Crippen LogP contribution is 2.31. The lowest BCUT2D eigenvalue weighted by atomic mass is 9.84. The molecule has 0 saturated carbocycles. The first kappa shape index (κ1) is 16.2. The van der Waals surface area contributed by atoms with Crippen LogP contribution in [0.3, 0.4) is 0 Å². The average molecular weight is 284 g/mol. The van der Waals surface area contributed by atoms with Crippen molar-refractivity contribution in [3.8, 4) is 0 Å². The van der Waals surface area contributed by atoms with Crippen molar-refractivity contribution in [3.05, 3.63) is 0 Å². The first-order valence-corrected chi connectivity index (χ1v) is 8.03. The van der Waals surface area contributed by atoms with Crippen LogP contribution in [0.25, 0.3) is 0 Å². The van der Waals surface area contributed by atoms with Gasteiger partial charge in [-0.05, 0) is 39.5 Å². The Morgan fingerprint density at radius 1 is 1.40 bits per heavy atom. The smallest absolute Gasteiger partial charge is 0.0590 e.